The van der Waals surface area contributed by atoms with Crippen LogP contribution in [0.3, 0.4) is 0 Å². The lowest BCUT2D eigenvalue weighted by atomic mass is 10.1. The molecule has 10 heteroatoms. The number of hydrogen-bond donors (Lipinski definition) is 3. The molecule has 0 spiro atoms. The van der Waals surface area contributed by atoms with Crippen LogP contribution in [0.15, 0.2) is 28.7 Å². The van der Waals surface area contributed by atoms with Gasteiger partial charge in [-0.3, -0.25) is 9.63 Å². The maximum atomic E-state index is 14.6. The van der Waals surface area contributed by atoms with Gasteiger partial charge in [0, 0.05) is 16.6 Å². The van der Waals surface area contributed by atoms with Crippen LogP contribution in [-0.4, -0.2) is 23.2 Å². The zero-order valence-electron chi connectivity index (χ0n) is 14.9. The molecule has 0 atom stereocenters. The maximum Gasteiger partial charge on any atom is 0.277 e. The number of rotatable bonds is 7. The highest BCUT2D eigenvalue weighted by atomic mass is 127. The molecule has 0 bridgehead atoms. The van der Waals surface area contributed by atoms with Crippen molar-refractivity contribution in [3.8, 4) is 0 Å². The van der Waals surface area contributed by atoms with E-state index in [-0.39, 0.29) is 33.8 Å². The Kier molecular flexibility index (Phi) is 8.03. The van der Waals surface area contributed by atoms with Gasteiger partial charge in [0.15, 0.2) is 11.6 Å². The van der Waals surface area contributed by atoms with Crippen LogP contribution in [0.5, 0.6) is 0 Å². The molecular formula is C18H17BrClF2IN2O3. The Labute approximate surface area is 188 Å². The van der Waals surface area contributed by atoms with Crippen LogP contribution < -0.4 is 10.8 Å². The maximum absolute atomic E-state index is 14.6. The number of carbonyl (C=O) groups is 1. The lowest BCUT2D eigenvalue weighted by molar-refractivity contribution is -0.0805. The second kappa shape index (κ2) is 9.66. The van der Waals surface area contributed by atoms with Crippen LogP contribution in [-0.2, 0) is 4.84 Å². The monoisotopic (exact) mass is 588 g/mol. The second-order valence-corrected chi connectivity index (χ2v) is 8.93. The predicted octanol–water partition coefficient (Wildman–Crippen LogP) is 5.55. The Hall–Kier alpha value is -1.01. The van der Waals surface area contributed by atoms with Crippen molar-refractivity contribution in [2.75, 3.05) is 11.9 Å². The lowest BCUT2D eigenvalue weighted by Gasteiger charge is -2.24. The van der Waals surface area contributed by atoms with Gasteiger partial charge in [0.05, 0.1) is 32.0 Å². The molecule has 5 nitrogen and oxygen atoms in total. The molecule has 2 aromatic rings. The molecule has 2 rings (SSSR count). The summed E-state index contributed by atoms with van der Waals surface area (Å²) in [6.45, 7) is 3.18. The number of hydrogen-bond acceptors (Lipinski definition) is 4. The van der Waals surface area contributed by atoms with E-state index in [2.05, 4.69) is 49.3 Å². The number of hydroxylamine groups is 1. The van der Waals surface area contributed by atoms with Gasteiger partial charge in [-0.1, -0.05) is 11.6 Å². The van der Waals surface area contributed by atoms with E-state index in [1.165, 1.54) is 0 Å². The average molecular weight is 590 g/mol. The number of carbonyl (C=O) groups excluding carboxylic acids is 1. The lowest BCUT2D eigenvalue weighted by Crippen LogP contribution is -2.36. The van der Waals surface area contributed by atoms with Crippen molar-refractivity contribution < 1.29 is 23.5 Å². The summed E-state index contributed by atoms with van der Waals surface area (Å²) in [7, 11) is 0. The van der Waals surface area contributed by atoms with Crippen LogP contribution in [0, 0.1) is 15.2 Å². The summed E-state index contributed by atoms with van der Waals surface area (Å²) < 4.78 is 29.3. The third-order valence-corrected chi connectivity index (χ3v) is 5.29. The first-order valence-electron chi connectivity index (χ1n) is 8.04. The van der Waals surface area contributed by atoms with E-state index in [1.807, 2.05) is 0 Å². The largest absolute Gasteiger partial charge is 0.396 e. The second-order valence-electron chi connectivity index (χ2n) is 6.42. The first-order chi connectivity index (χ1) is 13.1. The molecule has 0 saturated carbocycles. The predicted molar refractivity (Wildman–Crippen MR) is 116 cm³/mol. The summed E-state index contributed by atoms with van der Waals surface area (Å²) >= 11 is 11.1. The molecule has 0 aliphatic rings. The SMILES string of the molecule is CC(C)(CCO)ONC(=O)c1cc(Br)c(F)c(F)c1Nc1ccc(I)cc1Cl. The highest BCUT2D eigenvalue weighted by Crippen LogP contribution is 2.34. The number of halogens is 5. The molecule has 28 heavy (non-hydrogen) atoms. The summed E-state index contributed by atoms with van der Waals surface area (Å²) in [6, 6.07) is 6.09. The van der Waals surface area contributed by atoms with E-state index in [9.17, 15) is 13.6 Å². The van der Waals surface area contributed by atoms with Crippen LogP contribution in [0.25, 0.3) is 0 Å². The van der Waals surface area contributed by atoms with E-state index in [4.69, 9.17) is 21.5 Å². The quantitative estimate of drug-likeness (QED) is 0.225. The Morgan fingerprint density at radius 2 is 2.00 bits per heavy atom. The van der Waals surface area contributed by atoms with Crippen molar-refractivity contribution in [3.05, 3.63) is 54.5 Å². The standard InChI is InChI=1S/C18H17BrClF2IN2O3/c1-18(2,5-6-26)28-25-17(27)10-8-11(19)14(21)15(22)16(10)24-13-4-3-9(23)7-12(13)20/h3-4,7-8,24,26H,5-6H2,1-2H3,(H,25,27). The van der Waals surface area contributed by atoms with Gasteiger partial charge in [0.2, 0.25) is 0 Å². The van der Waals surface area contributed by atoms with Gasteiger partial charge < -0.3 is 10.4 Å². The molecular weight excluding hydrogens is 572 g/mol. The number of aliphatic hydroxyl groups is 1. The molecule has 0 fully saturated rings. The summed E-state index contributed by atoms with van der Waals surface area (Å²) in [4.78, 5) is 17.9. The van der Waals surface area contributed by atoms with Crippen LogP contribution in [0.1, 0.15) is 30.6 Å². The number of amides is 1. The number of benzene rings is 2. The van der Waals surface area contributed by atoms with Crippen molar-refractivity contribution >= 4 is 67.4 Å². The molecule has 0 saturated heterocycles. The molecule has 2 aromatic carbocycles. The van der Waals surface area contributed by atoms with E-state index >= 15 is 0 Å². The van der Waals surface area contributed by atoms with Crippen LogP contribution >= 0.6 is 50.1 Å². The summed E-state index contributed by atoms with van der Waals surface area (Å²) in [5.41, 5.74) is 1.09. The zero-order valence-corrected chi connectivity index (χ0v) is 19.4. The minimum atomic E-state index is -1.25. The Morgan fingerprint density at radius 1 is 1.32 bits per heavy atom. The number of anilines is 2. The van der Waals surface area contributed by atoms with Gasteiger partial charge >= 0.3 is 0 Å². The van der Waals surface area contributed by atoms with E-state index in [0.717, 1.165) is 9.64 Å². The molecule has 0 aliphatic carbocycles. The average Bonchev–Trinajstić information content (AvgIpc) is 2.61. The van der Waals surface area contributed by atoms with Gasteiger partial charge in [-0.2, -0.15) is 0 Å². The topological polar surface area (TPSA) is 70.6 Å². The molecule has 0 aromatic heterocycles. The smallest absolute Gasteiger partial charge is 0.277 e. The normalized spacial score (nSPS) is 11.4. The Morgan fingerprint density at radius 3 is 2.61 bits per heavy atom. The van der Waals surface area contributed by atoms with Crippen molar-refractivity contribution in [3.63, 3.8) is 0 Å². The fourth-order valence-corrected chi connectivity index (χ4v) is 3.49. The van der Waals surface area contributed by atoms with Gasteiger partial charge in [-0.05, 0) is 76.6 Å². The first kappa shape index (κ1) is 23.3. The summed E-state index contributed by atoms with van der Waals surface area (Å²) in [5, 5.41) is 12.0. The minimum absolute atomic E-state index is 0.141. The van der Waals surface area contributed by atoms with Gasteiger partial charge in [-0.15, -0.1) is 0 Å². The zero-order chi connectivity index (χ0) is 21.1. The van der Waals surface area contributed by atoms with Crippen molar-refractivity contribution in [1.82, 2.24) is 5.48 Å². The highest BCUT2D eigenvalue weighted by molar-refractivity contribution is 14.1. The van der Waals surface area contributed by atoms with Crippen molar-refractivity contribution in [2.24, 2.45) is 0 Å². The molecule has 1 amide bonds. The fourth-order valence-electron chi connectivity index (χ4n) is 2.18. The van der Waals surface area contributed by atoms with Crippen molar-refractivity contribution in [1.29, 1.82) is 0 Å². The van der Waals surface area contributed by atoms with Crippen LogP contribution in [0.2, 0.25) is 5.02 Å². The fraction of sp³-hybridized carbons (Fsp3) is 0.278. The molecule has 0 aliphatic heterocycles. The summed E-state index contributed by atoms with van der Waals surface area (Å²) in [5.74, 6) is -3.19. The number of nitrogens with one attached hydrogen (secondary N) is 2. The molecule has 0 radical (unpaired) electrons. The Balaban J connectivity index is 2.39. The van der Waals surface area contributed by atoms with Gasteiger partial charge in [0.25, 0.3) is 5.91 Å². The molecule has 152 valence electrons. The van der Waals surface area contributed by atoms with E-state index in [1.54, 1.807) is 32.0 Å². The molecule has 0 heterocycles. The molecule has 3 N–H and O–H groups in total. The number of aliphatic hydroxyl groups excluding tert-OH is 1. The Bertz CT molecular complexity index is 900. The van der Waals surface area contributed by atoms with Crippen molar-refractivity contribution in [2.45, 2.75) is 25.9 Å². The van der Waals surface area contributed by atoms with E-state index in [0.29, 0.717) is 5.69 Å². The third kappa shape index (κ3) is 5.76. The first-order valence-corrected chi connectivity index (χ1v) is 10.3. The van der Waals surface area contributed by atoms with Crippen LogP contribution in [0.4, 0.5) is 20.2 Å². The van der Waals surface area contributed by atoms with E-state index < -0.39 is 23.1 Å². The van der Waals surface area contributed by atoms with Gasteiger partial charge in [-0.25, -0.2) is 14.3 Å². The van der Waals surface area contributed by atoms with Gasteiger partial charge in [0.1, 0.15) is 0 Å². The summed E-state index contributed by atoms with van der Waals surface area (Å²) in [6.07, 6.45) is 0.262. The third-order valence-electron chi connectivity index (χ3n) is 3.73. The molecule has 0 unspecified atom stereocenters. The highest BCUT2D eigenvalue weighted by Gasteiger charge is 2.25. The minimum Gasteiger partial charge on any atom is -0.396 e.